The van der Waals surface area contributed by atoms with Crippen LogP contribution in [0.4, 0.5) is 0 Å². The topological polar surface area (TPSA) is 30.5 Å². The van der Waals surface area contributed by atoms with Gasteiger partial charge < -0.3 is 14.8 Å². The van der Waals surface area contributed by atoms with Gasteiger partial charge in [-0.1, -0.05) is 24.6 Å². The van der Waals surface area contributed by atoms with Gasteiger partial charge in [-0.2, -0.15) is 0 Å². The highest BCUT2D eigenvalue weighted by Gasteiger charge is 2.13. The Morgan fingerprint density at radius 3 is 2.60 bits per heavy atom. The highest BCUT2D eigenvalue weighted by molar-refractivity contribution is 5.37. The van der Waals surface area contributed by atoms with Crippen molar-refractivity contribution in [3.8, 4) is 5.75 Å². The monoisotopic (exact) mass is 279 g/mol. The molecule has 20 heavy (non-hydrogen) atoms. The van der Waals surface area contributed by atoms with Crippen LogP contribution in [-0.4, -0.2) is 32.4 Å². The fourth-order valence-corrected chi connectivity index (χ4v) is 2.18. The number of hydrogen-bond donors (Lipinski definition) is 1. The highest BCUT2D eigenvalue weighted by atomic mass is 16.5. The van der Waals surface area contributed by atoms with E-state index in [4.69, 9.17) is 9.47 Å². The van der Waals surface area contributed by atoms with Crippen LogP contribution in [0.2, 0.25) is 0 Å². The molecule has 0 heterocycles. The molecule has 1 unspecified atom stereocenters. The van der Waals surface area contributed by atoms with Crippen molar-refractivity contribution in [3.63, 3.8) is 0 Å². The van der Waals surface area contributed by atoms with Crippen LogP contribution in [0.3, 0.4) is 0 Å². The van der Waals surface area contributed by atoms with E-state index in [9.17, 15) is 0 Å². The van der Waals surface area contributed by atoms with Gasteiger partial charge in [-0.25, -0.2) is 0 Å². The van der Waals surface area contributed by atoms with Crippen molar-refractivity contribution >= 4 is 0 Å². The fraction of sp³-hybridized carbons (Fsp3) is 0.647. The summed E-state index contributed by atoms with van der Waals surface area (Å²) in [7, 11) is 1.73. The summed E-state index contributed by atoms with van der Waals surface area (Å²) < 4.78 is 11.2. The van der Waals surface area contributed by atoms with E-state index in [1.165, 1.54) is 11.1 Å². The van der Waals surface area contributed by atoms with E-state index in [1.807, 2.05) is 6.07 Å². The normalized spacial score (nSPS) is 12.7. The second kappa shape index (κ2) is 8.98. The fourth-order valence-electron chi connectivity index (χ4n) is 2.18. The van der Waals surface area contributed by atoms with Crippen molar-refractivity contribution in [2.45, 2.75) is 52.7 Å². The summed E-state index contributed by atoms with van der Waals surface area (Å²) in [6, 6.07) is 6.66. The van der Waals surface area contributed by atoms with E-state index >= 15 is 0 Å². The largest absolute Gasteiger partial charge is 0.496 e. The minimum Gasteiger partial charge on any atom is -0.496 e. The Hall–Kier alpha value is -1.06. The predicted octanol–water partition coefficient (Wildman–Crippen LogP) is 3.34. The molecule has 0 aromatic heterocycles. The van der Waals surface area contributed by atoms with E-state index in [0.717, 1.165) is 31.7 Å². The number of aryl methyl sites for hydroxylation is 1. The standard InChI is InChI=1S/C17H29NO2/c1-6-9-18-16(12-20-13(2)3)11-15-10-14(4)7-8-17(15)19-5/h7-8,10,13,16,18H,6,9,11-12H2,1-5H3. The lowest BCUT2D eigenvalue weighted by molar-refractivity contribution is 0.0612. The van der Waals surface area contributed by atoms with Crippen LogP contribution in [0, 0.1) is 6.92 Å². The number of ether oxygens (including phenoxy) is 2. The van der Waals surface area contributed by atoms with Gasteiger partial charge in [0.25, 0.3) is 0 Å². The minimum atomic E-state index is 0.264. The number of nitrogens with one attached hydrogen (secondary N) is 1. The van der Waals surface area contributed by atoms with Crippen LogP contribution in [0.1, 0.15) is 38.3 Å². The minimum absolute atomic E-state index is 0.264. The summed E-state index contributed by atoms with van der Waals surface area (Å²) >= 11 is 0. The lowest BCUT2D eigenvalue weighted by Crippen LogP contribution is -2.37. The predicted molar refractivity (Wildman–Crippen MR) is 84.6 cm³/mol. The molecule has 0 fully saturated rings. The second-order valence-electron chi connectivity index (χ2n) is 5.55. The SMILES string of the molecule is CCCNC(COC(C)C)Cc1cc(C)ccc1OC. The van der Waals surface area contributed by atoms with Crippen molar-refractivity contribution in [1.29, 1.82) is 0 Å². The van der Waals surface area contributed by atoms with E-state index in [2.05, 4.69) is 45.1 Å². The molecule has 0 aliphatic carbocycles. The third-order valence-electron chi connectivity index (χ3n) is 3.22. The van der Waals surface area contributed by atoms with Gasteiger partial charge in [0.1, 0.15) is 5.75 Å². The molecule has 0 radical (unpaired) electrons. The van der Waals surface area contributed by atoms with Crippen molar-refractivity contribution in [2.24, 2.45) is 0 Å². The lowest BCUT2D eigenvalue weighted by atomic mass is 10.0. The molecular weight excluding hydrogens is 250 g/mol. The van der Waals surface area contributed by atoms with Crippen molar-refractivity contribution in [2.75, 3.05) is 20.3 Å². The van der Waals surface area contributed by atoms with Crippen molar-refractivity contribution in [3.05, 3.63) is 29.3 Å². The molecule has 3 nitrogen and oxygen atoms in total. The molecule has 114 valence electrons. The Kier molecular flexibility index (Phi) is 7.63. The summed E-state index contributed by atoms with van der Waals surface area (Å²) in [6.45, 7) is 10.2. The van der Waals surface area contributed by atoms with Gasteiger partial charge in [0, 0.05) is 6.04 Å². The first-order valence-corrected chi connectivity index (χ1v) is 7.55. The number of methoxy groups -OCH3 is 1. The summed E-state index contributed by atoms with van der Waals surface area (Å²) in [6.07, 6.45) is 2.32. The van der Waals surface area contributed by atoms with Gasteiger partial charge in [0.05, 0.1) is 19.8 Å². The van der Waals surface area contributed by atoms with Gasteiger partial charge in [-0.15, -0.1) is 0 Å². The first kappa shape index (κ1) is 17.0. The molecule has 1 N–H and O–H groups in total. The highest BCUT2D eigenvalue weighted by Crippen LogP contribution is 2.21. The molecule has 0 saturated carbocycles. The van der Waals surface area contributed by atoms with Gasteiger partial charge in [-0.05, 0) is 51.8 Å². The van der Waals surface area contributed by atoms with Crippen LogP contribution in [-0.2, 0) is 11.2 Å². The molecule has 1 rings (SSSR count). The summed E-state index contributed by atoms with van der Waals surface area (Å²) in [5.74, 6) is 0.962. The zero-order valence-corrected chi connectivity index (χ0v) is 13.5. The van der Waals surface area contributed by atoms with Gasteiger partial charge in [-0.3, -0.25) is 0 Å². The first-order chi connectivity index (χ1) is 9.56. The van der Waals surface area contributed by atoms with Crippen LogP contribution in [0.25, 0.3) is 0 Å². The average Bonchev–Trinajstić information content (AvgIpc) is 2.42. The smallest absolute Gasteiger partial charge is 0.122 e. The molecule has 1 aromatic carbocycles. The molecule has 0 amide bonds. The maximum absolute atomic E-state index is 5.77. The van der Waals surface area contributed by atoms with E-state index in [-0.39, 0.29) is 6.10 Å². The molecule has 0 aliphatic heterocycles. The Morgan fingerprint density at radius 2 is 2.00 bits per heavy atom. The third-order valence-corrected chi connectivity index (χ3v) is 3.22. The molecule has 0 bridgehead atoms. The average molecular weight is 279 g/mol. The van der Waals surface area contributed by atoms with Crippen LogP contribution in [0.5, 0.6) is 5.75 Å². The molecule has 0 spiro atoms. The second-order valence-corrected chi connectivity index (χ2v) is 5.55. The maximum Gasteiger partial charge on any atom is 0.122 e. The Labute approximate surface area is 123 Å². The van der Waals surface area contributed by atoms with E-state index < -0.39 is 0 Å². The summed E-state index contributed by atoms with van der Waals surface area (Å²) in [5.41, 5.74) is 2.51. The number of hydrogen-bond acceptors (Lipinski definition) is 3. The van der Waals surface area contributed by atoms with Crippen molar-refractivity contribution in [1.82, 2.24) is 5.32 Å². The zero-order valence-electron chi connectivity index (χ0n) is 13.5. The quantitative estimate of drug-likeness (QED) is 0.752. The lowest BCUT2D eigenvalue weighted by Gasteiger charge is -2.21. The van der Waals surface area contributed by atoms with E-state index in [1.54, 1.807) is 7.11 Å². The van der Waals surface area contributed by atoms with Crippen LogP contribution >= 0.6 is 0 Å². The Morgan fingerprint density at radius 1 is 1.25 bits per heavy atom. The Balaban J connectivity index is 2.73. The van der Waals surface area contributed by atoms with Crippen LogP contribution in [0.15, 0.2) is 18.2 Å². The Bertz CT molecular complexity index is 391. The molecule has 0 aliphatic rings. The number of rotatable bonds is 9. The maximum atomic E-state index is 5.77. The molecule has 1 aromatic rings. The number of benzene rings is 1. The third kappa shape index (κ3) is 5.93. The van der Waals surface area contributed by atoms with Crippen LogP contribution < -0.4 is 10.1 Å². The van der Waals surface area contributed by atoms with Gasteiger partial charge in [0.2, 0.25) is 0 Å². The molecule has 0 saturated heterocycles. The van der Waals surface area contributed by atoms with Gasteiger partial charge in [0.15, 0.2) is 0 Å². The molecule has 3 heteroatoms. The van der Waals surface area contributed by atoms with E-state index in [0.29, 0.717) is 6.04 Å². The molecular formula is C17H29NO2. The first-order valence-electron chi connectivity index (χ1n) is 7.55. The van der Waals surface area contributed by atoms with Crippen molar-refractivity contribution < 1.29 is 9.47 Å². The van der Waals surface area contributed by atoms with Gasteiger partial charge >= 0.3 is 0 Å². The molecule has 1 atom stereocenters. The zero-order chi connectivity index (χ0) is 15.0. The summed E-state index contributed by atoms with van der Waals surface area (Å²) in [4.78, 5) is 0. The summed E-state index contributed by atoms with van der Waals surface area (Å²) in [5, 5.41) is 3.56.